The summed E-state index contributed by atoms with van der Waals surface area (Å²) in [5.41, 5.74) is 2.12. The highest BCUT2D eigenvalue weighted by Crippen LogP contribution is 2.19. The quantitative estimate of drug-likeness (QED) is 0.540. The lowest BCUT2D eigenvalue weighted by molar-refractivity contribution is 0.437. The smallest absolute Gasteiger partial charge is 0.188 e. The standard InChI is InChI=1S/C14H17N3S.2BrH/c1-17(2)10-11-18-14-15-9-8-13(16-14)12-6-4-3-5-7-12;;/h3-9H,10-11H2,1-2H3;2*1H. The predicted molar refractivity (Wildman–Crippen MR) is 97.4 cm³/mol. The molecule has 0 fully saturated rings. The number of nitrogens with zero attached hydrogens (tertiary/aromatic N) is 3. The Kier molecular flexibility index (Phi) is 10.1. The normalized spacial score (nSPS) is 9.75. The maximum absolute atomic E-state index is 4.57. The lowest BCUT2D eigenvalue weighted by Crippen LogP contribution is -2.14. The van der Waals surface area contributed by atoms with Crippen molar-refractivity contribution in [2.24, 2.45) is 0 Å². The molecule has 0 atom stereocenters. The maximum atomic E-state index is 4.57. The summed E-state index contributed by atoms with van der Waals surface area (Å²) >= 11 is 1.69. The van der Waals surface area contributed by atoms with Crippen LogP contribution in [-0.2, 0) is 0 Å². The molecule has 3 nitrogen and oxygen atoms in total. The molecular weight excluding hydrogens is 402 g/mol. The Labute approximate surface area is 145 Å². The molecule has 0 N–H and O–H groups in total. The van der Waals surface area contributed by atoms with Crippen LogP contribution in [0.3, 0.4) is 0 Å². The van der Waals surface area contributed by atoms with Gasteiger partial charge in [-0.1, -0.05) is 42.1 Å². The molecule has 0 saturated heterocycles. The van der Waals surface area contributed by atoms with Gasteiger partial charge in [0, 0.05) is 24.1 Å². The van der Waals surface area contributed by atoms with Gasteiger partial charge in [-0.3, -0.25) is 0 Å². The van der Waals surface area contributed by atoms with E-state index >= 15 is 0 Å². The van der Waals surface area contributed by atoms with Gasteiger partial charge in [-0.15, -0.1) is 34.0 Å². The number of hydrogen-bond acceptors (Lipinski definition) is 4. The van der Waals surface area contributed by atoms with Crippen molar-refractivity contribution in [2.75, 3.05) is 26.4 Å². The van der Waals surface area contributed by atoms with Crippen molar-refractivity contribution < 1.29 is 0 Å². The number of aromatic nitrogens is 2. The van der Waals surface area contributed by atoms with Crippen LogP contribution in [0.4, 0.5) is 0 Å². The Morgan fingerprint density at radius 2 is 1.75 bits per heavy atom. The summed E-state index contributed by atoms with van der Waals surface area (Å²) in [6.07, 6.45) is 1.83. The van der Waals surface area contributed by atoms with Gasteiger partial charge in [-0.05, 0) is 20.2 Å². The molecule has 0 aliphatic heterocycles. The largest absolute Gasteiger partial charge is 0.309 e. The Hall–Kier alpha value is -0.430. The topological polar surface area (TPSA) is 29.0 Å². The second-order valence-electron chi connectivity index (χ2n) is 4.24. The Balaban J connectivity index is 0.00000180. The molecule has 0 amide bonds. The first-order chi connectivity index (χ1) is 8.75. The summed E-state index contributed by atoms with van der Waals surface area (Å²) in [4.78, 5) is 11.0. The van der Waals surface area contributed by atoms with Crippen molar-refractivity contribution in [3.8, 4) is 11.3 Å². The monoisotopic (exact) mass is 419 g/mol. The van der Waals surface area contributed by atoms with E-state index in [9.17, 15) is 0 Å². The van der Waals surface area contributed by atoms with Crippen LogP contribution in [0.2, 0.25) is 0 Å². The first-order valence-electron chi connectivity index (χ1n) is 5.92. The van der Waals surface area contributed by atoms with E-state index in [1.165, 1.54) is 0 Å². The van der Waals surface area contributed by atoms with Crippen molar-refractivity contribution in [3.05, 3.63) is 42.6 Å². The van der Waals surface area contributed by atoms with Crippen LogP contribution in [0.1, 0.15) is 0 Å². The summed E-state index contributed by atoms with van der Waals surface area (Å²) in [6, 6.07) is 12.1. The third-order valence-corrected chi connectivity index (χ3v) is 3.31. The zero-order valence-electron chi connectivity index (χ0n) is 11.5. The van der Waals surface area contributed by atoms with Gasteiger partial charge in [-0.2, -0.15) is 0 Å². The molecule has 110 valence electrons. The molecule has 1 aromatic heterocycles. The van der Waals surface area contributed by atoms with Gasteiger partial charge in [0.05, 0.1) is 5.69 Å². The van der Waals surface area contributed by atoms with Crippen LogP contribution < -0.4 is 0 Å². The van der Waals surface area contributed by atoms with Gasteiger partial charge in [0.1, 0.15) is 0 Å². The molecule has 0 aliphatic rings. The van der Waals surface area contributed by atoms with Crippen molar-refractivity contribution in [1.82, 2.24) is 14.9 Å². The lowest BCUT2D eigenvalue weighted by atomic mass is 10.1. The van der Waals surface area contributed by atoms with Gasteiger partial charge < -0.3 is 4.90 Å². The summed E-state index contributed by atoms with van der Waals surface area (Å²) in [5.74, 6) is 1.01. The van der Waals surface area contributed by atoms with Crippen LogP contribution >= 0.6 is 45.7 Å². The molecule has 0 unspecified atom stereocenters. The second-order valence-corrected chi connectivity index (χ2v) is 5.30. The molecule has 2 aromatic rings. The number of benzene rings is 1. The molecule has 6 heteroatoms. The number of hydrogen-bond donors (Lipinski definition) is 0. The highest BCUT2D eigenvalue weighted by molar-refractivity contribution is 8.93. The fourth-order valence-electron chi connectivity index (χ4n) is 1.50. The summed E-state index contributed by atoms with van der Waals surface area (Å²) in [7, 11) is 4.14. The number of halogens is 2. The van der Waals surface area contributed by atoms with Crippen molar-refractivity contribution in [1.29, 1.82) is 0 Å². The van der Waals surface area contributed by atoms with Crippen LogP contribution in [0, 0.1) is 0 Å². The average molecular weight is 421 g/mol. The molecule has 2 rings (SSSR count). The van der Waals surface area contributed by atoms with Crippen LogP contribution in [0.5, 0.6) is 0 Å². The van der Waals surface area contributed by atoms with Crippen molar-refractivity contribution in [2.45, 2.75) is 5.16 Å². The van der Waals surface area contributed by atoms with E-state index in [-0.39, 0.29) is 34.0 Å². The second kappa shape index (κ2) is 10.3. The number of rotatable bonds is 5. The molecule has 1 aromatic carbocycles. The zero-order chi connectivity index (χ0) is 12.8. The van der Waals surface area contributed by atoms with Gasteiger partial charge in [-0.25, -0.2) is 9.97 Å². The van der Waals surface area contributed by atoms with Gasteiger partial charge in [0.25, 0.3) is 0 Å². The van der Waals surface area contributed by atoms with E-state index in [0.717, 1.165) is 28.7 Å². The molecule has 0 bridgehead atoms. The first kappa shape index (κ1) is 19.6. The van der Waals surface area contributed by atoms with Crippen LogP contribution in [0.15, 0.2) is 47.8 Å². The minimum Gasteiger partial charge on any atom is -0.309 e. The summed E-state index contributed by atoms with van der Waals surface area (Å²) < 4.78 is 0. The predicted octanol–water partition coefficient (Wildman–Crippen LogP) is 3.95. The Morgan fingerprint density at radius 1 is 1.05 bits per heavy atom. The minimum absolute atomic E-state index is 0. The molecule has 0 spiro atoms. The maximum Gasteiger partial charge on any atom is 0.188 e. The fraction of sp³-hybridized carbons (Fsp3) is 0.286. The van der Waals surface area contributed by atoms with Crippen molar-refractivity contribution in [3.63, 3.8) is 0 Å². The SMILES string of the molecule is Br.Br.CN(C)CCSc1nccc(-c2ccccc2)n1. The van der Waals surface area contributed by atoms with E-state index in [1.807, 2.05) is 30.5 Å². The highest BCUT2D eigenvalue weighted by atomic mass is 79.9. The van der Waals surface area contributed by atoms with Crippen LogP contribution in [-0.4, -0.2) is 41.3 Å². The van der Waals surface area contributed by atoms with Gasteiger partial charge >= 0.3 is 0 Å². The zero-order valence-corrected chi connectivity index (χ0v) is 15.8. The Morgan fingerprint density at radius 3 is 2.40 bits per heavy atom. The molecule has 1 heterocycles. The highest BCUT2D eigenvalue weighted by Gasteiger charge is 2.02. The van der Waals surface area contributed by atoms with E-state index in [4.69, 9.17) is 0 Å². The fourth-order valence-corrected chi connectivity index (χ4v) is 2.44. The molecular formula is C14H19Br2N3S. The first-order valence-corrected chi connectivity index (χ1v) is 6.90. The van der Waals surface area contributed by atoms with E-state index in [1.54, 1.807) is 11.8 Å². The average Bonchev–Trinajstić information content (AvgIpc) is 2.40. The van der Waals surface area contributed by atoms with E-state index in [2.05, 4.69) is 41.1 Å². The lowest BCUT2D eigenvalue weighted by Gasteiger charge is -2.08. The van der Waals surface area contributed by atoms with Gasteiger partial charge in [0.15, 0.2) is 5.16 Å². The van der Waals surface area contributed by atoms with Crippen LogP contribution in [0.25, 0.3) is 11.3 Å². The summed E-state index contributed by atoms with van der Waals surface area (Å²) in [6.45, 7) is 1.03. The van der Waals surface area contributed by atoms with E-state index in [0.29, 0.717) is 0 Å². The third kappa shape index (κ3) is 6.35. The third-order valence-electron chi connectivity index (χ3n) is 2.47. The van der Waals surface area contributed by atoms with Gasteiger partial charge in [0.2, 0.25) is 0 Å². The molecule has 0 saturated carbocycles. The Bertz CT molecular complexity index is 495. The molecule has 0 radical (unpaired) electrons. The summed E-state index contributed by atoms with van der Waals surface area (Å²) in [5, 5.41) is 0.846. The minimum atomic E-state index is 0. The van der Waals surface area contributed by atoms with Crippen molar-refractivity contribution >= 4 is 45.7 Å². The molecule has 0 aliphatic carbocycles. The molecule has 20 heavy (non-hydrogen) atoms. The number of thioether (sulfide) groups is 1. The van der Waals surface area contributed by atoms with E-state index < -0.39 is 0 Å².